The zero-order chi connectivity index (χ0) is 34.2. The maximum Gasteiger partial charge on any atom is 0.330 e. The van der Waals surface area contributed by atoms with Crippen molar-refractivity contribution in [2.45, 2.75) is 105 Å². The van der Waals surface area contributed by atoms with Gasteiger partial charge in [-0.05, 0) is 141 Å². The molecular weight excluding hydrogens is 592 g/mol. The Morgan fingerprint density at radius 2 is 1.68 bits per heavy atom. The Labute approximate surface area is 280 Å². The number of ether oxygens (including phenoxy) is 2. The van der Waals surface area contributed by atoms with Crippen molar-refractivity contribution in [1.82, 2.24) is 0 Å². The molecule has 10 unspecified atom stereocenters. The molecule has 5 aliphatic rings. The minimum Gasteiger partial charge on any atom is -0.504 e. The fourth-order valence-corrected chi connectivity index (χ4v) is 12.9. The van der Waals surface area contributed by atoms with Crippen molar-refractivity contribution in [3.63, 3.8) is 0 Å². The summed E-state index contributed by atoms with van der Waals surface area (Å²) in [6.07, 6.45) is 11.8. The Hall–Kier alpha value is -2.80. The molecule has 0 amide bonds. The molecule has 1 aromatic rings. The quantitative estimate of drug-likeness (QED) is 0.125. The third kappa shape index (κ3) is 4.91. The molecule has 1 aromatic carbocycles. The fourth-order valence-electron chi connectivity index (χ4n) is 12.9. The van der Waals surface area contributed by atoms with Gasteiger partial charge in [0, 0.05) is 11.5 Å². The van der Waals surface area contributed by atoms with Crippen LogP contribution < -0.4 is 0 Å². The number of aliphatic hydroxyl groups excluding tert-OH is 1. The first-order valence-electron chi connectivity index (χ1n) is 17.9. The van der Waals surface area contributed by atoms with Crippen molar-refractivity contribution in [2.24, 2.45) is 56.7 Å². The Balaban J connectivity index is 1.40. The molecule has 10 atom stereocenters. The first-order chi connectivity index (χ1) is 22.1. The molecule has 6 rings (SSSR count). The topological polar surface area (TPSA) is 113 Å². The smallest absolute Gasteiger partial charge is 0.330 e. The zero-order valence-corrected chi connectivity index (χ0v) is 29.3. The second-order valence-electron chi connectivity index (χ2n) is 17.1. The Kier molecular flexibility index (Phi) is 8.46. The minimum absolute atomic E-state index is 0.0544. The number of allylic oxidation sites excluding steroid dienone is 1. The van der Waals surface area contributed by atoms with Crippen LogP contribution in [0.3, 0.4) is 0 Å². The van der Waals surface area contributed by atoms with Gasteiger partial charge in [-0.3, -0.25) is 4.79 Å². The number of hydrogen-bond acceptors (Lipinski definition) is 7. The van der Waals surface area contributed by atoms with Crippen LogP contribution in [0.2, 0.25) is 0 Å². The van der Waals surface area contributed by atoms with Gasteiger partial charge in [0.05, 0.1) is 25.2 Å². The lowest BCUT2D eigenvalue weighted by Crippen LogP contribution is -2.69. The SMILES string of the molecule is C=C(C)C1CCC2(C(=O)OC)CCC3(COC(=O)C=Cc4ccc(O)c(O)c4)C(CCC4C5(C)CCC(O)C(C)(C)C5CCC43C)C12. The highest BCUT2D eigenvalue weighted by molar-refractivity contribution is 5.87. The van der Waals surface area contributed by atoms with Gasteiger partial charge in [-0.1, -0.05) is 45.9 Å². The predicted octanol–water partition coefficient (Wildman–Crippen LogP) is 7.83. The largest absolute Gasteiger partial charge is 0.504 e. The number of carbonyl (C=O) groups excluding carboxylic acids is 2. The van der Waals surface area contributed by atoms with Crippen LogP contribution in [0.15, 0.2) is 36.4 Å². The van der Waals surface area contributed by atoms with Gasteiger partial charge in [-0.2, -0.15) is 0 Å². The third-order valence-electron chi connectivity index (χ3n) is 15.2. The maximum absolute atomic E-state index is 13.7. The van der Waals surface area contributed by atoms with E-state index in [0.717, 1.165) is 69.8 Å². The lowest BCUT2D eigenvalue weighted by Gasteiger charge is -2.73. The van der Waals surface area contributed by atoms with Crippen LogP contribution in [0.25, 0.3) is 6.08 Å². The van der Waals surface area contributed by atoms with Crippen molar-refractivity contribution in [3.8, 4) is 11.5 Å². The number of aliphatic hydroxyl groups is 1. The number of phenolic OH excluding ortho intramolecular Hbond substituents is 2. The molecule has 5 aliphatic carbocycles. The van der Waals surface area contributed by atoms with Gasteiger partial charge in [0.15, 0.2) is 11.5 Å². The summed E-state index contributed by atoms with van der Waals surface area (Å²) in [5.41, 5.74) is 0.599. The van der Waals surface area contributed by atoms with Crippen LogP contribution in [0.4, 0.5) is 0 Å². The standard InChI is InChI=1S/C40H56O7/c1-24(2)26-14-19-39(35(45)46-7)20-21-40(23-47-33(44)13-9-25-8-11-28(41)29(42)22-25)27(34(26)39)10-12-31-37(5)17-16-32(43)36(3,4)30(37)15-18-38(31,40)6/h8-9,11,13,22,26-27,30-32,34,41-43H,1,10,12,14-21,23H2,2-7H3. The first-order valence-corrected chi connectivity index (χ1v) is 17.9. The summed E-state index contributed by atoms with van der Waals surface area (Å²) in [6, 6.07) is 4.44. The number of methoxy groups -OCH3 is 1. The molecule has 7 nitrogen and oxygen atoms in total. The molecule has 5 saturated carbocycles. The molecule has 0 aliphatic heterocycles. The second-order valence-corrected chi connectivity index (χ2v) is 17.1. The van der Waals surface area contributed by atoms with Gasteiger partial charge in [0.2, 0.25) is 0 Å². The molecule has 3 N–H and O–H groups in total. The van der Waals surface area contributed by atoms with Gasteiger partial charge in [-0.15, -0.1) is 0 Å². The summed E-state index contributed by atoms with van der Waals surface area (Å²) < 4.78 is 11.9. The number of aromatic hydroxyl groups is 2. The monoisotopic (exact) mass is 648 g/mol. The number of phenols is 2. The summed E-state index contributed by atoms with van der Waals surface area (Å²) in [5.74, 6) is 0.297. The second kappa shape index (κ2) is 11.7. The maximum atomic E-state index is 13.7. The normalized spacial score (nSPS) is 42.0. The number of fused-ring (bicyclic) bond motifs is 7. The molecule has 0 heterocycles. The number of benzene rings is 1. The average molecular weight is 649 g/mol. The summed E-state index contributed by atoms with van der Waals surface area (Å²) >= 11 is 0. The zero-order valence-electron chi connectivity index (χ0n) is 29.3. The molecule has 258 valence electrons. The van der Waals surface area contributed by atoms with Crippen LogP contribution in [0.5, 0.6) is 11.5 Å². The summed E-state index contributed by atoms with van der Waals surface area (Å²) in [7, 11) is 1.52. The summed E-state index contributed by atoms with van der Waals surface area (Å²) in [4.78, 5) is 27.2. The molecular formula is C40H56O7. The van der Waals surface area contributed by atoms with Crippen molar-refractivity contribution < 1.29 is 34.4 Å². The van der Waals surface area contributed by atoms with E-state index in [1.54, 1.807) is 12.1 Å². The Bertz CT molecular complexity index is 1460. The van der Waals surface area contributed by atoms with Gasteiger partial charge in [0.25, 0.3) is 0 Å². The van der Waals surface area contributed by atoms with E-state index in [4.69, 9.17) is 9.47 Å². The van der Waals surface area contributed by atoms with Crippen molar-refractivity contribution in [1.29, 1.82) is 0 Å². The van der Waals surface area contributed by atoms with Crippen molar-refractivity contribution in [2.75, 3.05) is 13.7 Å². The van der Waals surface area contributed by atoms with E-state index in [9.17, 15) is 24.9 Å². The molecule has 5 fully saturated rings. The first kappa shape index (κ1) is 34.1. The van der Waals surface area contributed by atoms with Gasteiger partial charge >= 0.3 is 11.9 Å². The van der Waals surface area contributed by atoms with Gasteiger partial charge in [-0.25, -0.2) is 4.79 Å². The van der Waals surface area contributed by atoms with Crippen molar-refractivity contribution in [3.05, 3.63) is 42.0 Å². The third-order valence-corrected chi connectivity index (χ3v) is 15.2. The number of rotatable bonds is 6. The van der Waals surface area contributed by atoms with E-state index >= 15 is 0 Å². The highest BCUT2D eigenvalue weighted by Gasteiger charge is 2.73. The lowest BCUT2D eigenvalue weighted by atomic mass is 9.32. The average Bonchev–Trinajstić information content (AvgIpc) is 3.43. The predicted molar refractivity (Wildman–Crippen MR) is 181 cm³/mol. The molecule has 0 spiro atoms. The summed E-state index contributed by atoms with van der Waals surface area (Å²) in [5, 5.41) is 30.7. The lowest BCUT2D eigenvalue weighted by molar-refractivity contribution is -0.263. The van der Waals surface area contributed by atoms with E-state index in [2.05, 4.69) is 41.2 Å². The van der Waals surface area contributed by atoms with Gasteiger partial charge < -0.3 is 24.8 Å². The molecule has 0 radical (unpaired) electrons. The number of carbonyl (C=O) groups is 2. The molecule has 47 heavy (non-hydrogen) atoms. The van der Waals surface area contributed by atoms with E-state index in [1.807, 2.05) is 0 Å². The molecule has 0 aromatic heterocycles. The Morgan fingerprint density at radius 3 is 2.36 bits per heavy atom. The molecule has 0 bridgehead atoms. The minimum atomic E-state index is -0.543. The van der Waals surface area contributed by atoms with Crippen LogP contribution in [0.1, 0.15) is 104 Å². The fraction of sp³-hybridized carbons (Fsp3) is 0.700. The van der Waals surface area contributed by atoms with Crippen molar-refractivity contribution >= 4 is 18.0 Å². The van der Waals surface area contributed by atoms with Crippen LogP contribution in [-0.2, 0) is 19.1 Å². The van der Waals surface area contributed by atoms with Crippen LogP contribution >= 0.6 is 0 Å². The van der Waals surface area contributed by atoms with Gasteiger partial charge in [0.1, 0.15) is 0 Å². The van der Waals surface area contributed by atoms with Crippen LogP contribution in [0, 0.1) is 56.7 Å². The van der Waals surface area contributed by atoms with E-state index in [1.165, 1.54) is 25.3 Å². The highest BCUT2D eigenvalue weighted by Crippen LogP contribution is 2.77. The molecule has 0 saturated heterocycles. The Morgan fingerprint density at radius 1 is 0.936 bits per heavy atom. The van der Waals surface area contributed by atoms with Crippen LogP contribution in [-0.4, -0.2) is 47.1 Å². The number of hydrogen-bond donors (Lipinski definition) is 3. The van der Waals surface area contributed by atoms with E-state index in [0.29, 0.717) is 17.4 Å². The highest BCUT2D eigenvalue weighted by atomic mass is 16.5. The molecule has 7 heteroatoms. The number of esters is 2. The van der Waals surface area contributed by atoms with E-state index in [-0.39, 0.29) is 69.6 Å². The van der Waals surface area contributed by atoms with E-state index < -0.39 is 11.4 Å². The summed E-state index contributed by atoms with van der Waals surface area (Å²) in [6.45, 7) is 16.3.